The minimum Gasteiger partial charge on any atom is -0.377 e. The maximum Gasteiger partial charge on any atom is 0.500 e. The van der Waals surface area contributed by atoms with Gasteiger partial charge in [0, 0.05) is 40.2 Å². The summed E-state index contributed by atoms with van der Waals surface area (Å²) in [5.41, 5.74) is 5.36. The zero-order valence-corrected chi connectivity index (χ0v) is 12.5. The largest absolute Gasteiger partial charge is 0.500 e. The molecule has 0 aromatic rings. The summed E-state index contributed by atoms with van der Waals surface area (Å²) in [5, 5.41) is 8.57. The van der Waals surface area contributed by atoms with E-state index in [4.69, 9.17) is 24.2 Å². The molecule has 1 saturated heterocycles. The van der Waals surface area contributed by atoms with Gasteiger partial charge in [0.15, 0.2) is 0 Å². The molecule has 0 aliphatic carbocycles. The first-order valence-electron chi connectivity index (χ1n) is 5.86. The van der Waals surface area contributed by atoms with E-state index in [-0.39, 0.29) is 17.9 Å². The Morgan fingerprint density at radius 2 is 1.58 bits per heavy atom. The van der Waals surface area contributed by atoms with Gasteiger partial charge < -0.3 is 19.0 Å². The molecule has 1 rings (SSSR count). The van der Waals surface area contributed by atoms with Crippen molar-refractivity contribution in [2.75, 3.05) is 27.9 Å². The predicted molar refractivity (Wildman–Crippen MR) is 68.1 cm³/mol. The van der Waals surface area contributed by atoms with Gasteiger partial charge in [0.2, 0.25) is 0 Å². The van der Waals surface area contributed by atoms with Gasteiger partial charge in [-0.05, 0) is 13.0 Å². The Labute approximate surface area is 113 Å². The molecule has 0 aromatic carbocycles. The summed E-state index contributed by atoms with van der Waals surface area (Å²) in [7, 11) is 2.50. The van der Waals surface area contributed by atoms with Crippen LogP contribution >= 0.6 is 0 Å². The van der Waals surface area contributed by atoms with Crippen molar-refractivity contribution in [2.24, 2.45) is 5.73 Å². The quantitative estimate of drug-likeness (QED) is 0.394. The topological polar surface area (TPSA) is 111 Å². The second-order valence-electron chi connectivity index (χ2n) is 3.79. The first-order valence-corrected chi connectivity index (χ1v) is 7.79. The van der Waals surface area contributed by atoms with Crippen LogP contribution in [-0.2, 0) is 22.9 Å². The van der Waals surface area contributed by atoms with Gasteiger partial charge in [0.05, 0.1) is 0 Å². The lowest BCUT2D eigenvalue weighted by molar-refractivity contribution is -0.171. The van der Waals surface area contributed by atoms with Crippen LogP contribution in [0.1, 0.15) is 19.3 Å². The number of nitrogens with zero attached hydrogens (tertiary/aromatic N) is 1. The molecule has 0 bridgehead atoms. The number of nitrogens with two attached hydrogens (primary N) is 1. The van der Waals surface area contributed by atoms with Crippen LogP contribution in [0.15, 0.2) is 0 Å². The number of carbonyl (C=O) groups excluding carboxylic acids is 2. The molecule has 2 amide bonds. The lowest BCUT2D eigenvalue weighted by Crippen LogP contribution is -2.42. The summed E-state index contributed by atoms with van der Waals surface area (Å²) in [4.78, 5) is 20.5. The highest BCUT2D eigenvalue weighted by Gasteiger charge is 2.36. The van der Waals surface area contributed by atoms with E-state index in [0.29, 0.717) is 6.54 Å². The number of amides is 2. The second-order valence-corrected chi connectivity index (χ2v) is 6.88. The first kappa shape index (κ1) is 18.2. The van der Waals surface area contributed by atoms with E-state index < -0.39 is 20.6 Å². The molecule has 1 aliphatic heterocycles. The molecular formula is C10H22N2O6Si. The smallest absolute Gasteiger partial charge is 0.377 e. The van der Waals surface area contributed by atoms with Gasteiger partial charge in [0.25, 0.3) is 11.8 Å². The average Bonchev–Trinajstić information content (AvgIpc) is 2.73. The van der Waals surface area contributed by atoms with E-state index >= 15 is 0 Å². The molecule has 1 heterocycles. The standard InChI is InChI=1S/C6H17NO3Si.C4H5NO3/c1-8-11(9-2,10-3)6-4-5-7;6-3-1-2-4(7)5(3)8/h4-7H2,1-3H3;8H,1-2H2. The van der Waals surface area contributed by atoms with Gasteiger partial charge in [-0.2, -0.15) is 5.06 Å². The minimum absolute atomic E-state index is 0.148. The van der Waals surface area contributed by atoms with Crippen molar-refractivity contribution in [3.63, 3.8) is 0 Å². The molecular weight excluding hydrogens is 272 g/mol. The molecule has 0 spiro atoms. The number of hydrogen-bond acceptors (Lipinski definition) is 7. The Bertz CT molecular complexity index is 273. The lowest BCUT2D eigenvalue weighted by atomic mass is 10.4. The van der Waals surface area contributed by atoms with E-state index in [0.717, 1.165) is 12.5 Å². The first-order chi connectivity index (χ1) is 8.96. The Balaban J connectivity index is 0.000000356. The van der Waals surface area contributed by atoms with Gasteiger partial charge in [-0.25, -0.2) is 0 Å². The van der Waals surface area contributed by atoms with Crippen molar-refractivity contribution in [1.29, 1.82) is 0 Å². The zero-order valence-electron chi connectivity index (χ0n) is 11.5. The van der Waals surface area contributed by atoms with Crippen molar-refractivity contribution in [2.45, 2.75) is 25.3 Å². The molecule has 1 aliphatic rings. The summed E-state index contributed by atoms with van der Waals surface area (Å²) in [5.74, 6) is -1.01. The molecule has 0 atom stereocenters. The van der Waals surface area contributed by atoms with E-state index in [9.17, 15) is 9.59 Å². The number of imide groups is 1. The van der Waals surface area contributed by atoms with Gasteiger partial charge in [-0.1, -0.05) is 0 Å². The highest BCUT2D eigenvalue weighted by molar-refractivity contribution is 6.60. The predicted octanol–water partition coefficient (Wildman–Crippen LogP) is -0.262. The van der Waals surface area contributed by atoms with Crippen LogP contribution in [0.25, 0.3) is 0 Å². The van der Waals surface area contributed by atoms with Crippen molar-refractivity contribution in [1.82, 2.24) is 5.06 Å². The van der Waals surface area contributed by atoms with Crippen LogP contribution in [0.5, 0.6) is 0 Å². The third kappa shape index (κ3) is 5.76. The molecule has 3 N–H and O–H groups in total. The maximum atomic E-state index is 10.2. The van der Waals surface area contributed by atoms with Gasteiger partial charge in [-0.3, -0.25) is 14.8 Å². The van der Waals surface area contributed by atoms with E-state index in [2.05, 4.69) is 0 Å². The summed E-state index contributed by atoms with van der Waals surface area (Å²) < 4.78 is 15.5. The molecule has 9 heteroatoms. The Kier molecular flexibility index (Phi) is 8.72. The van der Waals surface area contributed by atoms with E-state index in [1.807, 2.05) is 0 Å². The number of hydrogen-bond donors (Lipinski definition) is 2. The van der Waals surface area contributed by atoms with Crippen LogP contribution < -0.4 is 5.73 Å². The molecule has 0 unspecified atom stereocenters. The summed E-state index contributed by atoms with van der Waals surface area (Å²) in [6.45, 7) is 0.644. The average molecular weight is 294 g/mol. The van der Waals surface area contributed by atoms with Gasteiger partial charge >= 0.3 is 8.80 Å². The molecule has 1 fully saturated rings. The minimum atomic E-state index is -2.32. The van der Waals surface area contributed by atoms with Crippen LogP contribution in [0.2, 0.25) is 6.04 Å². The Hall–Kier alpha value is -0.843. The highest BCUT2D eigenvalue weighted by Crippen LogP contribution is 2.13. The third-order valence-corrected chi connectivity index (χ3v) is 5.48. The summed E-state index contributed by atoms with van der Waals surface area (Å²) in [6.07, 6.45) is 1.17. The zero-order chi connectivity index (χ0) is 14.9. The van der Waals surface area contributed by atoms with Gasteiger partial charge in [-0.15, -0.1) is 0 Å². The van der Waals surface area contributed by atoms with Crippen molar-refractivity contribution < 1.29 is 28.1 Å². The maximum absolute atomic E-state index is 10.2. The normalized spacial score (nSPS) is 15.5. The molecule has 8 nitrogen and oxygen atoms in total. The number of carbonyl (C=O) groups is 2. The molecule has 19 heavy (non-hydrogen) atoms. The Morgan fingerprint density at radius 1 is 1.16 bits per heavy atom. The third-order valence-electron chi connectivity index (χ3n) is 2.65. The fourth-order valence-corrected chi connectivity index (χ4v) is 3.19. The van der Waals surface area contributed by atoms with Crippen LogP contribution in [0.4, 0.5) is 0 Å². The number of rotatable bonds is 6. The SMILES string of the molecule is CO[Si](CCCN)(OC)OC.O=C1CCC(=O)N1O. The summed E-state index contributed by atoms with van der Waals surface area (Å²) >= 11 is 0. The Morgan fingerprint density at radius 3 is 1.79 bits per heavy atom. The van der Waals surface area contributed by atoms with Crippen LogP contribution in [0, 0.1) is 0 Å². The molecule has 0 saturated carbocycles. The fourth-order valence-electron chi connectivity index (χ4n) is 1.44. The number of hydroxylamine groups is 2. The lowest BCUT2D eigenvalue weighted by Gasteiger charge is -2.23. The van der Waals surface area contributed by atoms with Crippen molar-refractivity contribution in [3.05, 3.63) is 0 Å². The highest BCUT2D eigenvalue weighted by atomic mass is 28.4. The fraction of sp³-hybridized carbons (Fsp3) is 0.800. The molecule has 0 aromatic heterocycles. The van der Waals surface area contributed by atoms with E-state index in [1.165, 1.54) is 0 Å². The summed E-state index contributed by atoms with van der Waals surface area (Å²) in [6, 6.07) is 0.785. The van der Waals surface area contributed by atoms with Gasteiger partial charge in [0.1, 0.15) is 0 Å². The van der Waals surface area contributed by atoms with Crippen molar-refractivity contribution in [3.8, 4) is 0 Å². The molecule has 112 valence electrons. The second kappa shape index (κ2) is 9.12. The van der Waals surface area contributed by atoms with E-state index in [1.54, 1.807) is 21.3 Å². The van der Waals surface area contributed by atoms with Crippen LogP contribution in [-0.4, -0.2) is 58.8 Å². The van der Waals surface area contributed by atoms with Crippen molar-refractivity contribution >= 4 is 20.6 Å². The van der Waals surface area contributed by atoms with Crippen LogP contribution in [0.3, 0.4) is 0 Å². The monoisotopic (exact) mass is 294 g/mol. The molecule has 0 radical (unpaired) electrons.